The van der Waals surface area contributed by atoms with E-state index in [0.717, 1.165) is 37.6 Å². The molecule has 206 valence electrons. The summed E-state index contributed by atoms with van der Waals surface area (Å²) in [4.78, 5) is 28.3. The lowest BCUT2D eigenvalue weighted by Gasteiger charge is -2.32. The third-order valence-electron chi connectivity index (χ3n) is 5.90. The zero-order valence-electron chi connectivity index (χ0n) is 22.7. The molecule has 4 rings (SSSR count). The fraction of sp³-hybridized carbons (Fsp3) is 0.333. The average Bonchev–Trinajstić information content (AvgIpc) is 2.90. The van der Waals surface area contributed by atoms with E-state index in [9.17, 15) is 9.00 Å². The minimum atomic E-state index is -2.43. The van der Waals surface area contributed by atoms with Crippen molar-refractivity contribution in [1.82, 2.24) is 20.0 Å². The number of benzene rings is 1. The monoisotopic (exact) mass is 550 g/mol. The lowest BCUT2D eigenvalue weighted by atomic mass is 10.1. The fourth-order valence-electron chi connectivity index (χ4n) is 4.20. The summed E-state index contributed by atoms with van der Waals surface area (Å²) >= 11 is 0. The van der Waals surface area contributed by atoms with Gasteiger partial charge in [-0.1, -0.05) is 12.1 Å². The maximum Gasteiger partial charge on any atom is 0.229 e. The minimum absolute atomic E-state index is 0.208. The molecule has 0 radical (unpaired) electrons. The Labute approximate surface area is 229 Å². The van der Waals surface area contributed by atoms with E-state index in [-0.39, 0.29) is 12.4 Å². The van der Waals surface area contributed by atoms with Crippen molar-refractivity contribution in [2.75, 3.05) is 60.6 Å². The molecular weight excluding hydrogens is 516 g/mol. The number of hydrogen-bond donors (Lipinski definition) is 1. The number of nitrogens with zero attached hydrogens (tertiary/aromatic N) is 7. The van der Waals surface area contributed by atoms with Crippen molar-refractivity contribution < 1.29 is 13.7 Å². The largest absolute Gasteiger partial charge is 0.378 e. The third kappa shape index (κ3) is 7.09. The summed E-state index contributed by atoms with van der Waals surface area (Å²) in [5.74, 6) is 1.47. The van der Waals surface area contributed by atoms with Crippen LogP contribution in [0.25, 0.3) is 0 Å². The van der Waals surface area contributed by atoms with Crippen LogP contribution in [0.5, 0.6) is 0 Å². The van der Waals surface area contributed by atoms with Crippen molar-refractivity contribution in [3.05, 3.63) is 66.4 Å². The van der Waals surface area contributed by atoms with E-state index in [2.05, 4.69) is 50.2 Å². The van der Waals surface area contributed by atoms with Crippen molar-refractivity contribution in [3.8, 4) is 0 Å². The summed E-state index contributed by atoms with van der Waals surface area (Å²) in [6, 6.07) is 11.3. The lowest BCUT2D eigenvalue weighted by Crippen LogP contribution is -2.40. The zero-order valence-corrected chi connectivity index (χ0v) is 23.5. The number of aromatic nitrogens is 3. The first kappa shape index (κ1) is 28.0. The molecule has 1 aliphatic heterocycles. The molecule has 1 aromatic carbocycles. The molecule has 0 spiro atoms. The summed E-state index contributed by atoms with van der Waals surface area (Å²) in [6.45, 7) is 11.1. The molecule has 0 saturated carbocycles. The SMILES string of the molecule is C=CCN(C=O)N(c1cccc(N=S(C)(C)=O)n1)c1nc(Nc2ccc(N3CCOCC3)c(C)c2)ncc1C. The molecule has 2 aromatic heterocycles. The van der Waals surface area contributed by atoms with Gasteiger partial charge >= 0.3 is 0 Å². The quantitative estimate of drug-likeness (QED) is 0.226. The molecule has 11 nitrogen and oxygen atoms in total. The highest BCUT2D eigenvalue weighted by Crippen LogP contribution is 2.30. The Hall–Kier alpha value is -4.03. The van der Waals surface area contributed by atoms with Gasteiger partial charge in [0.25, 0.3) is 0 Å². The molecule has 39 heavy (non-hydrogen) atoms. The number of amides is 1. The number of aryl methyl sites for hydroxylation is 2. The van der Waals surface area contributed by atoms with Crippen LogP contribution >= 0.6 is 0 Å². The molecular formula is C27H34N8O3S. The van der Waals surface area contributed by atoms with Crippen LogP contribution in [0.1, 0.15) is 11.1 Å². The van der Waals surface area contributed by atoms with Crippen LogP contribution in [-0.4, -0.2) is 75.9 Å². The van der Waals surface area contributed by atoms with Gasteiger partial charge in [0, 0.05) is 58.5 Å². The number of carbonyl (C=O) groups excluding carboxylic acids is 1. The predicted octanol–water partition coefficient (Wildman–Crippen LogP) is 4.13. The Kier molecular flexibility index (Phi) is 8.77. The second-order valence-corrected chi connectivity index (χ2v) is 11.9. The number of hydrazine groups is 1. The predicted molar refractivity (Wildman–Crippen MR) is 156 cm³/mol. The third-order valence-corrected chi connectivity index (χ3v) is 6.52. The van der Waals surface area contributed by atoms with Crippen LogP contribution in [0.15, 0.2) is 59.6 Å². The number of anilines is 5. The summed E-state index contributed by atoms with van der Waals surface area (Å²) in [5.41, 5.74) is 3.85. The number of rotatable bonds is 10. The van der Waals surface area contributed by atoms with Crippen molar-refractivity contribution in [2.45, 2.75) is 13.8 Å². The van der Waals surface area contributed by atoms with Crippen molar-refractivity contribution in [2.24, 2.45) is 4.36 Å². The first-order valence-electron chi connectivity index (χ1n) is 12.5. The summed E-state index contributed by atoms with van der Waals surface area (Å²) in [7, 11) is -2.43. The van der Waals surface area contributed by atoms with Crippen LogP contribution in [0, 0.1) is 13.8 Å². The number of hydrogen-bond acceptors (Lipinski definition) is 10. The van der Waals surface area contributed by atoms with Crippen molar-refractivity contribution >= 4 is 50.9 Å². The lowest BCUT2D eigenvalue weighted by molar-refractivity contribution is -0.117. The molecule has 1 amide bonds. The first-order valence-corrected chi connectivity index (χ1v) is 14.8. The van der Waals surface area contributed by atoms with Crippen LogP contribution in [0.3, 0.4) is 0 Å². The number of carbonyl (C=O) groups is 1. The van der Waals surface area contributed by atoms with Crippen LogP contribution in [-0.2, 0) is 19.3 Å². The van der Waals surface area contributed by atoms with E-state index in [1.165, 1.54) is 23.2 Å². The zero-order chi connectivity index (χ0) is 28.0. The van der Waals surface area contributed by atoms with Crippen LogP contribution in [0.2, 0.25) is 0 Å². The minimum Gasteiger partial charge on any atom is -0.378 e. The summed E-state index contributed by atoms with van der Waals surface area (Å²) < 4.78 is 22.0. The Morgan fingerprint density at radius 2 is 1.92 bits per heavy atom. The topological polar surface area (TPSA) is 116 Å². The van der Waals surface area contributed by atoms with Gasteiger partial charge in [0.15, 0.2) is 17.5 Å². The van der Waals surface area contributed by atoms with Crippen LogP contribution < -0.4 is 15.2 Å². The van der Waals surface area contributed by atoms with E-state index in [1.54, 1.807) is 35.5 Å². The van der Waals surface area contributed by atoms with Gasteiger partial charge in [0.2, 0.25) is 12.4 Å². The van der Waals surface area contributed by atoms with E-state index in [4.69, 9.17) is 9.72 Å². The second-order valence-electron chi connectivity index (χ2n) is 9.38. The normalized spacial score (nSPS) is 13.5. The highest BCUT2D eigenvalue weighted by Gasteiger charge is 2.23. The van der Waals surface area contributed by atoms with Gasteiger partial charge in [-0.3, -0.25) is 4.79 Å². The molecule has 3 heterocycles. The van der Waals surface area contributed by atoms with Gasteiger partial charge in [-0.15, -0.1) is 6.58 Å². The summed E-state index contributed by atoms with van der Waals surface area (Å²) in [6.07, 6.45) is 7.04. The number of ether oxygens (including phenoxy) is 1. The number of nitrogens with one attached hydrogen (secondary N) is 1. The smallest absolute Gasteiger partial charge is 0.229 e. The van der Waals surface area contributed by atoms with Gasteiger partial charge in [-0.05, 0) is 49.7 Å². The van der Waals surface area contributed by atoms with Gasteiger partial charge < -0.3 is 15.0 Å². The molecule has 1 aliphatic rings. The first-order chi connectivity index (χ1) is 18.7. The molecule has 0 unspecified atom stereocenters. The highest BCUT2D eigenvalue weighted by atomic mass is 32.2. The molecule has 1 saturated heterocycles. The number of morpholine rings is 1. The molecule has 1 N–H and O–H groups in total. The second kappa shape index (κ2) is 12.2. The van der Waals surface area contributed by atoms with E-state index in [0.29, 0.717) is 29.6 Å². The Bertz CT molecular complexity index is 1460. The van der Waals surface area contributed by atoms with Gasteiger partial charge in [0.05, 0.1) is 19.8 Å². The standard InChI is InChI=1S/C27H34N8O3S/c1-6-12-34(19-36)35(25-9-7-8-24(30-25)32-39(4,5)37)26-21(3)18-28-27(31-26)29-22-10-11-23(20(2)17-22)33-13-15-38-16-14-33/h6-11,17-19H,1,12-16H2,2-5H3,(H,28,29,31). The molecule has 0 aliphatic carbocycles. The molecule has 12 heteroatoms. The summed E-state index contributed by atoms with van der Waals surface area (Å²) in [5, 5.41) is 6.26. The van der Waals surface area contributed by atoms with Crippen LogP contribution in [0.4, 0.5) is 34.8 Å². The van der Waals surface area contributed by atoms with Crippen molar-refractivity contribution in [3.63, 3.8) is 0 Å². The van der Waals surface area contributed by atoms with E-state index < -0.39 is 9.73 Å². The van der Waals surface area contributed by atoms with E-state index >= 15 is 0 Å². The maximum absolute atomic E-state index is 12.3. The molecule has 1 fully saturated rings. The van der Waals surface area contributed by atoms with Gasteiger partial charge in [-0.2, -0.15) is 9.35 Å². The fourth-order valence-corrected chi connectivity index (χ4v) is 4.75. The maximum atomic E-state index is 12.3. The highest BCUT2D eigenvalue weighted by molar-refractivity contribution is 7.92. The Morgan fingerprint density at radius 3 is 2.59 bits per heavy atom. The van der Waals surface area contributed by atoms with Crippen molar-refractivity contribution in [1.29, 1.82) is 0 Å². The average molecular weight is 551 g/mol. The molecule has 0 bridgehead atoms. The molecule has 3 aromatic rings. The Morgan fingerprint density at radius 1 is 1.15 bits per heavy atom. The van der Waals surface area contributed by atoms with E-state index in [1.807, 2.05) is 13.0 Å². The number of pyridine rings is 1. The Balaban J connectivity index is 1.70. The van der Waals surface area contributed by atoms with Gasteiger partial charge in [0.1, 0.15) is 0 Å². The molecule has 0 atom stereocenters. The van der Waals surface area contributed by atoms with Gasteiger partial charge in [-0.25, -0.2) is 24.2 Å².